The molecule has 3 rings (SSSR count). The Morgan fingerprint density at radius 2 is 1.87 bits per heavy atom. The molecule has 1 heterocycles. The Balaban J connectivity index is 0.00000320. The minimum Gasteiger partial charge on any atom is -0.357 e. The van der Waals surface area contributed by atoms with Crippen LogP contribution in [0, 0.1) is 0 Å². The number of aliphatic imine (C=N–C) groups is 1. The molecule has 170 valence electrons. The molecule has 1 saturated carbocycles. The van der Waals surface area contributed by atoms with E-state index in [1.807, 2.05) is 11.8 Å². The second-order valence-electron chi connectivity index (χ2n) is 8.46. The van der Waals surface area contributed by atoms with Gasteiger partial charge in [-0.3, -0.25) is 4.90 Å². The van der Waals surface area contributed by atoms with Crippen molar-refractivity contribution in [2.75, 3.05) is 46.0 Å². The summed E-state index contributed by atoms with van der Waals surface area (Å²) in [6, 6.07) is 9.59. The Morgan fingerprint density at radius 3 is 2.57 bits per heavy atom. The lowest BCUT2D eigenvalue weighted by atomic mass is 10.1. The molecule has 2 atom stereocenters. The van der Waals surface area contributed by atoms with E-state index >= 15 is 0 Å². The van der Waals surface area contributed by atoms with Gasteiger partial charge in [-0.1, -0.05) is 24.3 Å². The van der Waals surface area contributed by atoms with Gasteiger partial charge in [0, 0.05) is 37.5 Å². The van der Waals surface area contributed by atoms with Crippen LogP contribution in [0.2, 0.25) is 0 Å². The Bertz CT molecular complexity index is 639. The zero-order valence-electron chi connectivity index (χ0n) is 18.9. The van der Waals surface area contributed by atoms with Crippen LogP contribution in [0.25, 0.3) is 0 Å². The minimum absolute atomic E-state index is 0. The van der Waals surface area contributed by atoms with Crippen molar-refractivity contribution >= 4 is 41.7 Å². The van der Waals surface area contributed by atoms with Gasteiger partial charge in [0.1, 0.15) is 0 Å². The molecule has 2 fully saturated rings. The van der Waals surface area contributed by atoms with Crippen LogP contribution >= 0.6 is 35.7 Å². The van der Waals surface area contributed by atoms with Crippen molar-refractivity contribution in [3.05, 3.63) is 35.4 Å². The van der Waals surface area contributed by atoms with E-state index in [-0.39, 0.29) is 24.0 Å². The molecule has 5 nitrogen and oxygen atoms in total. The largest absolute Gasteiger partial charge is 0.357 e. The summed E-state index contributed by atoms with van der Waals surface area (Å²) in [6.07, 6.45) is 7.29. The van der Waals surface area contributed by atoms with Crippen LogP contribution in [-0.4, -0.2) is 73.1 Å². The van der Waals surface area contributed by atoms with Gasteiger partial charge in [0.25, 0.3) is 0 Å². The highest BCUT2D eigenvalue weighted by atomic mass is 127. The molecule has 1 aliphatic carbocycles. The summed E-state index contributed by atoms with van der Waals surface area (Å²) in [7, 11) is 2.23. The first-order valence-electron chi connectivity index (χ1n) is 11.2. The number of guanidine groups is 1. The highest BCUT2D eigenvalue weighted by molar-refractivity contribution is 14.0. The first-order chi connectivity index (χ1) is 14.2. The summed E-state index contributed by atoms with van der Waals surface area (Å²) in [6.45, 7) is 9.56. The fraction of sp³-hybridized carbons (Fsp3) is 0.696. The maximum absolute atomic E-state index is 4.84. The Labute approximate surface area is 204 Å². The molecule has 30 heavy (non-hydrogen) atoms. The zero-order chi connectivity index (χ0) is 20.5. The van der Waals surface area contributed by atoms with E-state index in [1.54, 1.807) is 0 Å². The molecule has 1 aromatic carbocycles. The van der Waals surface area contributed by atoms with Gasteiger partial charge in [0.05, 0.1) is 6.54 Å². The smallest absolute Gasteiger partial charge is 0.191 e. The third kappa shape index (κ3) is 8.55. The van der Waals surface area contributed by atoms with Crippen molar-refractivity contribution in [2.24, 2.45) is 4.99 Å². The molecule has 0 spiro atoms. The van der Waals surface area contributed by atoms with E-state index in [9.17, 15) is 0 Å². The average molecular weight is 546 g/mol. The van der Waals surface area contributed by atoms with Crippen molar-refractivity contribution in [2.45, 2.75) is 57.0 Å². The number of hydrogen-bond donors (Lipinski definition) is 2. The number of nitrogens with one attached hydrogen (secondary N) is 2. The highest BCUT2D eigenvalue weighted by Gasteiger charge is 2.24. The molecule has 1 saturated heterocycles. The molecule has 1 aromatic rings. The molecule has 0 amide bonds. The summed E-state index contributed by atoms with van der Waals surface area (Å²) in [5, 5.41) is 7.85. The standard InChI is InChI=1S/C23H39N5S.HI/c1-4-24-23(26-21-10-11-22(16-21)29-3)25-17-19-6-8-20(9-7-19)18-28-13-5-12-27(2)14-15-28;/h6-9,21-22H,4-5,10-18H2,1-3H3,(H2,24,25,26);1H. The van der Waals surface area contributed by atoms with Gasteiger partial charge in [-0.05, 0) is 70.1 Å². The van der Waals surface area contributed by atoms with Crippen molar-refractivity contribution in [1.82, 2.24) is 20.4 Å². The summed E-state index contributed by atoms with van der Waals surface area (Å²) in [5.74, 6) is 0.956. The molecule has 7 heteroatoms. The topological polar surface area (TPSA) is 42.9 Å². The number of hydrogen-bond acceptors (Lipinski definition) is 4. The quantitative estimate of drug-likeness (QED) is 0.310. The van der Waals surface area contributed by atoms with E-state index in [0.717, 1.165) is 30.8 Å². The molecule has 0 radical (unpaired) electrons. The Morgan fingerprint density at radius 1 is 1.10 bits per heavy atom. The maximum atomic E-state index is 4.84. The van der Waals surface area contributed by atoms with Crippen LogP contribution in [0.3, 0.4) is 0 Å². The number of halogens is 1. The van der Waals surface area contributed by atoms with Crippen LogP contribution in [-0.2, 0) is 13.1 Å². The minimum atomic E-state index is 0. The first-order valence-corrected chi connectivity index (χ1v) is 12.5. The van der Waals surface area contributed by atoms with Crippen LogP contribution < -0.4 is 10.6 Å². The molecule has 2 aliphatic rings. The summed E-state index contributed by atoms with van der Waals surface area (Å²) in [5.41, 5.74) is 2.68. The van der Waals surface area contributed by atoms with E-state index < -0.39 is 0 Å². The molecule has 0 aromatic heterocycles. The van der Waals surface area contributed by atoms with Gasteiger partial charge in [-0.25, -0.2) is 4.99 Å². The fourth-order valence-electron chi connectivity index (χ4n) is 4.24. The van der Waals surface area contributed by atoms with E-state index in [1.165, 1.54) is 63.0 Å². The van der Waals surface area contributed by atoms with E-state index in [0.29, 0.717) is 6.04 Å². The van der Waals surface area contributed by atoms with Crippen molar-refractivity contribution < 1.29 is 0 Å². The second-order valence-corrected chi connectivity index (χ2v) is 9.59. The molecule has 1 aliphatic heterocycles. The first kappa shape index (κ1) is 25.7. The van der Waals surface area contributed by atoms with Crippen molar-refractivity contribution in [1.29, 1.82) is 0 Å². The van der Waals surface area contributed by atoms with E-state index in [4.69, 9.17) is 4.99 Å². The molecule has 2 unspecified atom stereocenters. The molecular weight excluding hydrogens is 505 g/mol. The van der Waals surface area contributed by atoms with Crippen molar-refractivity contribution in [3.8, 4) is 0 Å². The zero-order valence-corrected chi connectivity index (χ0v) is 22.0. The van der Waals surface area contributed by atoms with Crippen LogP contribution in [0.5, 0.6) is 0 Å². The van der Waals surface area contributed by atoms with Gasteiger partial charge in [-0.15, -0.1) is 24.0 Å². The fourth-order valence-corrected chi connectivity index (χ4v) is 5.03. The lowest BCUT2D eigenvalue weighted by molar-refractivity contribution is 0.269. The summed E-state index contributed by atoms with van der Waals surface area (Å²) < 4.78 is 0. The van der Waals surface area contributed by atoms with Crippen LogP contribution in [0.15, 0.2) is 29.3 Å². The molecular formula is C23H40IN5S. The number of likely N-dealkylation sites (N-methyl/N-ethyl adjacent to an activating group) is 1. The predicted molar refractivity (Wildman–Crippen MR) is 142 cm³/mol. The Hall–Kier alpha value is -0.510. The van der Waals surface area contributed by atoms with Gasteiger partial charge in [-0.2, -0.15) is 11.8 Å². The summed E-state index contributed by atoms with van der Waals surface area (Å²) in [4.78, 5) is 9.85. The number of thioether (sulfide) groups is 1. The van der Waals surface area contributed by atoms with Gasteiger partial charge < -0.3 is 15.5 Å². The lowest BCUT2D eigenvalue weighted by Crippen LogP contribution is -2.42. The summed E-state index contributed by atoms with van der Waals surface area (Å²) >= 11 is 2.00. The third-order valence-corrected chi connectivity index (χ3v) is 7.16. The number of nitrogens with zero attached hydrogens (tertiary/aromatic N) is 3. The van der Waals surface area contributed by atoms with Gasteiger partial charge >= 0.3 is 0 Å². The highest BCUT2D eigenvalue weighted by Crippen LogP contribution is 2.28. The number of benzene rings is 1. The Kier molecular flexibility index (Phi) is 11.8. The normalized spacial score (nSPS) is 23.6. The van der Waals surface area contributed by atoms with Gasteiger partial charge in [0.15, 0.2) is 5.96 Å². The SMILES string of the molecule is CCNC(=NCc1ccc(CN2CCCN(C)CC2)cc1)NC1CCC(SC)C1.I. The molecule has 0 bridgehead atoms. The van der Waals surface area contributed by atoms with Crippen LogP contribution in [0.1, 0.15) is 43.7 Å². The van der Waals surface area contributed by atoms with Gasteiger partial charge in [0.2, 0.25) is 0 Å². The van der Waals surface area contributed by atoms with E-state index in [2.05, 4.69) is 64.9 Å². The second kappa shape index (κ2) is 13.8. The average Bonchev–Trinajstić information content (AvgIpc) is 3.09. The third-order valence-electron chi connectivity index (χ3n) is 6.06. The van der Waals surface area contributed by atoms with Crippen LogP contribution in [0.4, 0.5) is 0 Å². The maximum Gasteiger partial charge on any atom is 0.191 e. The number of rotatable bonds is 7. The molecule has 2 N–H and O–H groups in total. The predicted octanol–water partition coefficient (Wildman–Crippen LogP) is 3.78. The lowest BCUT2D eigenvalue weighted by Gasteiger charge is -2.20. The monoisotopic (exact) mass is 545 g/mol. The van der Waals surface area contributed by atoms with Crippen molar-refractivity contribution in [3.63, 3.8) is 0 Å².